The maximum atomic E-state index is 10.9. The van der Waals surface area contributed by atoms with Gasteiger partial charge in [-0.25, -0.2) is 5.01 Å². The zero-order valence-electron chi connectivity index (χ0n) is 7.97. The number of carbonyl (C=O) groups excluding carboxylic acids is 1. The molecule has 0 atom stereocenters. The Hall–Kier alpha value is -0.830. The van der Waals surface area contributed by atoms with Crippen LogP contribution in [0.15, 0.2) is 12.7 Å². The largest absolute Gasteiger partial charge is 0.285 e. The van der Waals surface area contributed by atoms with Crippen molar-refractivity contribution in [2.45, 2.75) is 26.7 Å². The molecule has 3 heteroatoms. The minimum Gasteiger partial charge on any atom is -0.285 e. The summed E-state index contributed by atoms with van der Waals surface area (Å²) in [6.07, 6.45) is 3.37. The lowest BCUT2D eigenvalue weighted by Gasteiger charge is -2.20. The van der Waals surface area contributed by atoms with Gasteiger partial charge < -0.3 is 0 Å². The van der Waals surface area contributed by atoms with E-state index in [1.165, 1.54) is 6.08 Å². The first-order valence-electron chi connectivity index (χ1n) is 4.42. The van der Waals surface area contributed by atoms with Crippen molar-refractivity contribution < 1.29 is 4.79 Å². The predicted molar refractivity (Wildman–Crippen MR) is 50.5 cm³/mol. The number of rotatable bonds is 6. The van der Waals surface area contributed by atoms with E-state index in [4.69, 9.17) is 0 Å². The summed E-state index contributed by atoms with van der Waals surface area (Å²) in [4.78, 5) is 10.9. The van der Waals surface area contributed by atoms with Crippen LogP contribution >= 0.6 is 0 Å². The van der Waals surface area contributed by atoms with Gasteiger partial charge in [0.25, 0.3) is 5.91 Å². The molecular weight excluding hydrogens is 152 g/mol. The summed E-state index contributed by atoms with van der Waals surface area (Å²) in [6.45, 7) is 9.36. The monoisotopic (exact) mass is 170 g/mol. The first-order valence-corrected chi connectivity index (χ1v) is 4.42. The molecule has 0 aromatic rings. The molecule has 0 aliphatic carbocycles. The molecule has 1 N–H and O–H groups in total. The van der Waals surface area contributed by atoms with Gasteiger partial charge in [-0.1, -0.05) is 20.4 Å². The van der Waals surface area contributed by atoms with Gasteiger partial charge in [-0.2, -0.15) is 0 Å². The lowest BCUT2D eigenvalue weighted by molar-refractivity contribution is -0.121. The molecule has 0 unspecified atom stereocenters. The van der Waals surface area contributed by atoms with Crippen LogP contribution < -0.4 is 5.43 Å². The quantitative estimate of drug-likeness (QED) is 0.481. The standard InChI is InChI=1S/C9H18N2O/c1-4-7-11(8-5-2)10-9(12)6-3/h6H,3-5,7-8H2,1-2H3,(H,10,12). The minimum absolute atomic E-state index is 0.128. The van der Waals surface area contributed by atoms with Crippen molar-refractivity contribution in [3.8, 4) is 0 Å². The Labute approximate surface area is 74.4 Å². The zero-order chi connectivity index (χ0) is 9.40. The first kappa shape index (κ1) is 11.2. The van der Waals surface area contributed by atoms with Crippen LogP contribution in [0.2, 0.25) is 0 Å². The molecule has 0 radical (unpaired) electrons. The topological polar surface area (TPSA) is 32.3 Å². The van der Waals surface area contributed by atoms with E-state index in [1.807, 2.05) is 5.01 Å². The highest BCUT2D eigenvalue weighted by Crippen LogP contribution is 1.89. The lowest BCUT2D eigenvalue weighted by atomic mass is 10.4. The Morgan fingerprint density at radius 3 is 2.25 bits per heavy atom. The number of nitrogens with zero attached hydrogens (tertiary/aromatic N) is 1. The van der Waals surface area contributed by atoms with E-state index in [1.54, 1.807) is 0 Å². The van der Waals surface area contributed by atoms with Gasteiger partial charge in [-0.3, -0.25) is 10.2 Å². The molecule has 0 aromatic carbocycles. The number of nitrogens with one attached hydrogen (secondary N) is 1. The van der Waals surface area contributed by atoms with E-state index >= 15 is 0 Å². The Morgan fingerprint density at radius 2 is 1.92 bits per heavy atom. The van der Waals surface area contributed by atoms with Crippen LogP contribution in [0.5, 0.6) is 0 Å². The predicted octanol–water partition coefficient (Wildman–Crippen LogP) is 1.33. The molecule has 0 bridgehead atoms. The third kappa shape index (κ3) is 4.91. The molecule has 0 fully saturated rings. The maximum Gasteiger partial charge on any atom is 0.257 e. The Kier molecular flexibility index (Phi) is 6.38. The third-order valence-electron chi connectivity index (χ3n) is 1.44. The van der Waals surface area contributed by atoms with Crippen LogP contribution in [0.3, 0.4) is 0 Å². The van der Waals surface area contributed by atoms with Crippen LogP contribution in [-0.2, 0) is 4.79 Å². The Morgan fingerprint density at radius 1 is 1.42 bits per heavy atom. The van der Waals surface area contributed by atoms with Crippen LogP contribution in [0.25, 0.3) is 0 Å². The molecule has 0 aliphatic heterocycles. The fraction of sp³-hybridized carbons (Fsp3) is 0.667. The van der Waals surface area contributed by atoms with E-state index in [-0.39, 0.29) is 5.91 Å². The van der Waals surface area contributed by atoms with E-state index in [0.29, 0.717) is 0 Å². The van der Waals surface area contributed by atoms with Crippen molar-refractivity contribution in [3.05, 3.63) is 12.7 Å². The summed E-state index contributed by atoms with van der Waals surface area (Å²) < 4.78 is 0. The fourth-order valence-electron chi connectivity index (χ4n) is 0.965. The van der Waals surface area contributed by atoms with E-state index in [0.717, 1.165) is 25.9 Å². The highest BCUT2D eigenvalue weighted by Gasteiger charge is 2.02. The molecule has 0 heterocycles. The van der Waals surface area contributed by atoms with Gasteiger partial charge in [-0.15, -0.1) is 0 Å². The molecule has 0 spiro atoms. The second-order valence-corrected chi connectivity index (χ2v) is 2.67. The fourth-order valence-corrected chi connectivity index (χ4v) is 0.965. The Bertz CT molecular complexity index is 139. The van der Waals surface area contributed by atoms with Gasteiger partial charge in [0.1, 0.15) is 0 Å². The lowest BCUT2D eigenvalue weighted by Crippen LogP contribution is -2.42. The van der Waals surface area contributed by atoms with E-state index < -0.39 is 0 Å². The van der Waals surface area contributed by atoms with E-state index in [9.17, 15) is 4.79 Å². The summed E-state index contributed by atoms with van der Waals surface area (Å²) in [6, 6.07) is 0. The van der Waals surface area contributed by atoms with Crippen molar-refractivity contribution in [2.24, 2.45) is 0 Å². The first-order chi connectivity index (χ1) is 5.74. The number of carbonyl (C=O) groups is 1. The second kappa shape index (κ2) is 6.85. The van der Waals surface area contributed by atoms with Gasteiger partial charge in [0, 0.05) is 13.1 Å². The van der Waals surface area contributed by atoms with Crippen molar-refractivity contribution in [3.63, 3.8) is 0 Å². The number of hydrazine groups is 1. The summed E-state index contributed by atoms with van der Waals surface area (Å²) in [5.74, 6) is -0.128. The number of hydrogen-bond acceptors (Lipinski definition) is 2. The van der Waals surface area contributed by atoms with Crippen LogP contribution in [0.4, 0.5) is 0 Å². The van der Waals surface area contributed by atoms with Crippen molar-refractivity contribution >= 4 is 5.91 Å². The molecule has 0 aromatic heterocycles. The normalized spacial score (nSPS) is 9.92. The molecule has 70 valence electrons. The SMILES string of the molecule is C=CC(=O)NN(CCC)CCC. The molecule has 0 aliphatic rings. The summed E-state index contributed by atoms with van der Waals surface area (Å²) in [5, 5.41) is 1.92. The number of amides is 1. The van der Waals surface area contributed by atoms with Gasteiger partial charge in [0.2, 0.25) is 0 Å². The third-order valence-corrected chi connectivity index (χ3v) is 1.44. The minimum atomic E-state index is -0.128. The van der Waals surface area contributed by atoms with Crippen LogP contribution in [0.1, 0.15) is 26.7 Å². The molecule has 0 saturated heterocycles. The zero-order valence-corrected chi connectivity index (χ0v) is 7.97. The summed E-state index contributed by atoms with van der Waals surface area (Å²) in [7, 11) is 0. The van der Waals surface area contributed by atoms with Crippen molar-refractivity contribution in [1.82, 2.24) is 10.4 Å². The van der Waals surface area contributed by atoms with Crippen LogP contribution in [0, 0.1) is 0 Å². The van der Waals surface area contributed by atoms with Crippen LogP contribution in [-0.4, -0.2) is 24.0 Å². The van der Waals surface area contributed by atoms with Gasteiger partial charge in [0.05, 0.1) is 0 Å². The molecule has 1 amide bonds. The molecular formula is C9H18N2O. The summed E-state index contributed by atoms with van der Waals surface area (Å²) in [5.41, 5.74) is 2.74. The summed E-state index contributed by atoms with van der Waals surface area (Å²) >= 11 is 0. The highest BCUT2D eigenvalue weighted by atomic mass is 16.2. The van der Waals surface area contributed by atoms with Gasteiger partial charge in [-0.05, 0) is 18.9 Å². The van der Waals surface area contributed by atoms with Gasteiger partial charge >= 0.3 is 0 Å². The van der Waals surface area contributed by atoms with Gasteiger partial charge in [0.15, 0.2) is 0 Å². The Balaban J connectivity index is 3.76. The second-order valence-electron chi connectivity index (χ2n) is 2.67. The maximum absolute atomic E-state index is 10.9. The molecule has 0 rings (SSSR count). The molecule has 3 nitrogen and oxygen atoms in total. The van der Waals surface area contributed by atoms with Crippen molar-refractivity contribution in [1.29, 1.82) is 0 Å². The molecule has 12 heavy (non-hydrogen) atoms. The average molecular weight is 170 g/mol. The smallest absolute Gasteiger partial charge is 0.257 e. The van der Waals surface area contributed by atoms with E-state index in [2.05, 4.69) is 25.9 Å². The average Bonchev–Trinajstić information content (AvgIpc) is 2.05. The highest BCUT2D eigenvalue weighted by molar-refractivity contribution is 5.86. The molecule has 0 saturated carbocycles. The van der Waals surface area contributed by atoms with Crippen molar-refractivity contribution in [2.75, 3.05) is 13.1 Å². The number of hydrogen-bond donors (Lipinski definition) is 1.